The van der Waals surface area contributed by atoms with Gasteiger partial charge in [0.15, 0.2) is 23.0 Å². The molecule has 0 bridgehead atoms. The third-order valence-corrected chi connectivity index (χ3v) is 2.78. The van der Waals surface area contributed by atoms with Crippen LogP contribution in [-0.4, -0.2) is 21.0 Å². The van der Waals surface area contributed by atoms with E-state index in [1.807, 2.05) is 0 Å². The van der Waals surface area contributed by atoms with Crippen LogP contribution in [0, 0.1) is 5.82 Å². The quantitative estimate of drug-likeness (QED) is 0.759. The van der Waals surface area contributed by atoms with Gasteiger partial charge in [-0.05, 0) is 12.1 Å². The van der Waals surface area contributed by atoms with E-state index < -0.39 is 17.5 Å². The van der Waals surface area contributed by atoms with Crippen molar-refractivity contribution in [1.29, 1.82) is 0 Å². The lowest BCUT2D eigenvalue weighted by molar-refractivity contribution is 0.208. The van der Waals surface area contributed by atoms with Crippen LogP contribution in [0.2, 0.25) is 0 Å². The van der Waals surface area contributed by atoms with Crippen molar-refractivity contribution in [3.63, 3.8) is 0 Å². The topological polar surface area (TPSA) is 120 Å². The van der Waals surface area contributed by atoms with Crippen LogP contribution in [-0.2, 0) is 0 Å². The van der Waals surface area contributed by atoms with Gasteiger partial charge in [0, 0.05) is 18.3 Å². The van der Waals surface area contributed by atoms with Gasteiger partial charge in [-0.25, -0.2) is 19.2 Å². The molecule has 0 saturated heterocycles. The number of halogens is 1. The van der Waals surface area contributed by atoms with Crippen LogP contribution in [0.1, 0.15) is 0 Å². The number of hydrogen-bond donors (Lipinski definition) is 2. The number of hydrogen-bond acceptors (Lipinski definition) is 6. The maximum atomic E-state index is 13.8. The van der Waals surface area contributed by atoms with E-state index in [1.165, 1.54) is 24.4 Å². The number of rotatable bonds is 3. The van der Waals surface area contributed by atoms with E-state index in [0.29, 0.717) is 5.52 Å². The molecule has 0 aliphatic rings. The minimum Gasteiger partial charge on any atom is -0.455 e. The fourth-order valence-electron chi connectivity index (χ4n) is 1.87. The number of H-pyrrole nitrogens is 1. The van der Waals surface area contributed by atoms with Crippen LogP contribution in [0.15, 0.2) is 41.5 Å². The van der Waals surface area contributed by atoms with E-state index in [4.69, 9.17) is 10.5 Å². The zero-order chi connectivity index (χ0) is 16.4. The van der Waals surface area contributed by atoms with Gasteiger partial charge in [0.25, 0.3) is 5.56 Å². The molecule has 0 saturated carbocycles. The molecule has 3 aromatic rings. The highest BCUT2D eigenvalue weighted by Crippen LogP contribution is 2.29. The van der Waals surface area contributed by atoms with Gasteiger partial charge in [-0.3, -0.25) is 4.79 Å². The fourth-order valence-corrected chi connectivity index (χ4v) is 1.87. The summed E-state index contributed by atoms with van der Waals surface area (Å²) in [7, 11) is 0. The lowest BCUT2D eigenvalue weighted by Gasteiger charge is -2.09. The molecule has 0 unspecified atom stereocenters. The van der Waals surface area contributed by atoms with Crippen molar-refractivity contribution in [2.24, 2.45) is 5.73 Å². The number of aromatic amines is 1. The summed E-state index contributed by atoms with van der Waals surface area (Å²) in [5.41, 5.74) is 4.97. The Morgan fingerprint density at radius 1 is 1.22 bits per heavy atom. The van der Waals surface area contributed by atoms with Crippen LogP contribution in [0.3, 0.4) is 0 Å². The lowest BCUT2D eigenvalue weighted by Crippen LogP contribution is -2.16. The van der Waals surface area contributed by atoms with E-state index in [0.717, 1.165) is 12.3 Å². The van der Waals surface area contributed by atoms with Crippen molar-refractivity contribution in [3.05, 3.63) is 52.8 Å². The smallest absolute Gasteiger partial charge is 0.410 e. The van der Waals surface area contributed by atoms with Crippen LogP contribution in [0.4, 0.5) is 9.18 Å². The average molecular weight is 316 g/mol. The molecule has 8 nitrogen and oxygen atoms in total. The number of ether oxygens (including phenoxy) is 2. The summed E-state index contributed by atoms with van der Waals surface area (Å²) in [5.74, 6) is -0.720. The second-order valence-corrected chi connectivity index (χ2v) is 4.37. The highest BCUT2D eigenvalue weighted by molar-refractivity contribution is 5.76. The Hall–Kier alpha value is -3.49. The van der Waals surface area contributed by atoms with Crippen LogP contribution in [0.5, 0.6) is 17.2 Å². The monoisotopic (exact) mass is 316 g/mol. The molecular weight excluding hydrogens is 307 g/mol. The Balaban J connectivity index is 1.95. The van der Waals surface area contributed by atoms with Gasteiger partial charge in [-0.15, -0.1) is 0 Å². The first-order valence-corrected chi connectivity index (χ1v) is 6.31. The number of nitrogens with zero attached hydrogens (tertiary/aromatic N) is 2. The highest BCUT2D eigenvalue weighted by atomic mass is 19.1. The Bertz CT molecular complexity index is 957. The first-order chi connectivity index (χ1) is 11.0. The number of primary amides is 1. The Labute approximate surface area is 127 Å². The molecule has 0 radical (unpaired) electrons. The number of amides is 1. The summed E-state index contributed by atoms with van der Waals surface area (Å²) in [5, 5.41) is 0. The number of benzene rings is 1. The molecule has 1 aromatic carbocycles. The average Bonchev–Trinajstić information content (AvgIpc) is 2.49. The number of nitrogens with two attached hydrogens (primary N) is 1. The number of carbonyl (C=O) groups excluding carboxylic acids is 1. The second-order valence-electron chi connectivity index (χ2n) is 4.37. The molecular formula is C14H9FN4O4. The maximum Gasteiger partial charge on any atom is 0.410 e. The lowest BCUT2D eigenvalue weighted by atomic mass is 10.3. The van der Waals surface area contributed by atoms with Gasteiger partial charge in [-0.1, -0.05) is 0 Å². The van der Waals surface area contributed by atoms with Gasteiger partial charge in [0.05, 0.1) is 6.20 Å². The third-order valence-electron chi connectivity index (χ3n) is 2.78. The maximum absolute atomic E-state index is 13.8. The summed E-state index contributed by atoms with van der Waals surface area (Å²) >= 11 is 0. The van der Waals surface area contributed by atoms with Gasteiger partial charge < -0.3 is 20.2 Å². The third kappa shape index (κ3) is 3.07. The number of aromatic nitrogens is 3. The van der Waals surface area contributed by atoms with E-state index >= 15 is 0 Å². The zero-order valence-corrected chi connectivity index (χ0v) is 11.4. The second kappa shape index (κ2) is 5.72. The molecule has 2 heterocycles. The first-order valence-electron chi connectivity index (χ1n) is 6.31. The van der Waals surface area contributed by atoms with Crippen molar-refractivity contribution < 1.29 is 18.7 Å². The molecule has 0 fully saturated rings. The van der Waals surface area contributed by atoms with Gasteiger partial charge in [0.1, 0.15) is 11.3 Å². The number of fused-ring (bicyclic) bond motifs is 1. The van der Waals surface area contributed by atoms with Gasteiger partial charge in [-0.2, -0.15) is 0 Å². The Morgan fingerprint density at radius 3 is 2.78 bits per heavy atom. The zero-order valence-electron chi connectivity index (χ0n) is 11.4. The molecule has 0 aliphatic heterocycles. The Morgan fingerprint density at radius 2 is 2.04 bits per heavy atom. The number of pyridine rings is 1. The highest BCUT2D eigenvalue weighted by Gasteiger charge is 2.11. The summed E-state index contributed by atoms with van der Waals surface area (Å²) in [6.07, 6.45) is 1.38. The summed E-state index contributed by atoms with van der Waals surface area (Å²) in [6.45, 7) is 0. The number of carbonyl (C=O) groups is 1. The van der Waals surface area contributed by atoms with Crippen molar-refractivity contribution in [1.82, 2.24) is 15.0 Å². The molecule has 9 heteroatoms. The van der Waals surface area contributed by atoms with E-state index in [2.05, 4.69) is 19.7 Å². The summed E-state index contributed by atoms with van der Waals surface area (Å²) in [4.78, 5) is 32.3. The van der Waals surface area contributed by atoms with Crippen LogP contribution < -0.4 is 20.8 Å². The van der Waals surface area contributed by atoms with Crippen molar-refractivity contribution in [3.8, 4) is 17.2 Å². The van der Waals surface area contributed by atoms with Crippen LogP contribution in [0.25, 0.3) is 11.2 Å². The minimum atomic E-state index is -1.12. The minimum absolute atomic E-state index is 0.139. The molecule has 116 valence electrons. The largest absolute Gasteiger partial charge is 0.455 e. The van der Waals surface area contributed by atoms with E-state index in [1.54, 1.807) is 0 Å². The normalized spacial score (nSPS) is 10.5. The molecule has 1 amide bonds. The van der Waals surface area contributed by atoms with E-state index in [-0.39, 0.29) is 22.9 Å². The number of nitrogens with one attached hydrogen (secondary N) is 1. The molecule has 2 aromatic heterocycles. The molecule has 0 spiro atoms. The fraction of sp³-hybridized carbons (Fsp3) is 0. The van der Waals surface area contributed by atoms with Gasteiger partial charge >= 0.3 is 6.09 Å². The standard InChI is InChI=1S/C14H9FN4O4/c15-8-5-7(1-2-9(8)23-14(16)21)22-10-3-4-17-13-12(10)18-6-11(20)19-13/h1-6H,(H2,16,21)(H,17,19,20). The summed E-state index contributed by atoms with van der Waals surface area (Å²) in [6, 6.07) is 5.13. The van der Waals surface area contributed by atoms with Crippen molar-refractivity contribution >= 4 is 17.3 Å². The van der Waals surface area contributed by atoms with Crippen molar-refractivity contribution in [2.45, 2.75) is 0 Å². The van der Waals surface area contributed by atoms with Crippen LogP contribution >= 0.6 is 0 Å². The van der Waals surface area contributed by atoms with E-state index in [9.17, 15) is 14.0 Å². The summed E-state index contributed by atoms with van der Waals surface area (Å²) < 4.78 is 23.8. The Kier molecular flexibility index (Phi) is 3.59. The molecule has 3 rings (SSSR count). The first kappa shape index (κ1) is 14.4. The van der Waals surface area contributed by atoms with Gasteiger partial charge in [0.2, 0.25) is 0 Å². The predicted molar refractivity (Wildman–Crippen MR) is 76.8 cm³/mol. The SMILES string of the molecule is NC(=O)Oc1ccc(Oc2ccnc3[nH]c(=O)cnc23)cc1F. The molecule has 0 atom stereocenters. The predicted octanol–water partition coefficient (Wildman–Crippen LogP) is 1.71. The molecule has 0 aliphatic carbocycles. The van der Waals surface area contributed by atoms with Crippen molar-refractivity contribution in [2.75, 3.05) is 0 Å². The molecule has 23 heavy (non-hydrogen) atoms. The molecule has 3 N–H and O–H groups in total.